The largest absolute Gasteiger partial charge is 0.462 e. The minimum absolute atomic E-state index is 0.170. The Bertz CT molecular complexity index is 1190. The lowest BCUT2D eigenvalue weighted by Crippen LogP contribution is -2.68. The number of hydrogen-bond acceptors (Lipinski definition) is 13. The predicted octanol–water partition coefficient (Wildman–Crippen LogP) is -2.75. The van der Waals surface area contributed by atoms with Gasteiger partial charge in [-0.25, -0.2) is 4.79 Å². The quantitative estimate of drug-likeness (QED) is 0.177. The molecule has 1 aromatic heterocycles. The number of ether oxygens (including phenoxy) is 4. The fraction of sp³-hybridized carbons (Fsp3) is 0.583. The summed E-state index contributed by atoms with van der Waals surface area (Å²) >= 11 is 0. The van der Waals surface area contributed by atoms with Crippen molar-refractivity contribution in [2.75, 3.05) is 13.2 Å². The molecule has 2 aliphatic rings. The van der Waals surface area contributed by atoms with E-state index in [0.29, 0.717) is 10.9 Å². The second kappa shape index (κ2) is 11.6. The molecule has 1 amide bonds. The van der Waals surface area contributed by atoms with Crippen molar-refractivity contribution in [3.63, 3.8) is 0 Å². The summed E-state index contributed by atoms with van der Waals surface area (Å²) in [5.74, 6) is -0.385. The van der Waals surface area contributed by atoms with Gasteiger partial charge in [0.25, 0.3) is 0 Å². The Labute approximate surface area is 215 Å². The van der Waals surface area contributed by atoms with E-state index >= 15 is 0 Å². The number of carbonyl (C=O) groups is 1. The number of aliphatic hydroxyl groups is 6. The van der Waals surface area contributed by atoms with Crippen molar-refractivity contribution >= 4 is 16.9 Å². The molecule has 0 aliphatic carbocycles. The number of carbonyl (C=O) groups excluding carboxylic acids is 1. The third-order valence-corrected chi connectivity index (χ3v) is 6.54. The van der Waals surface area contributed by atoms with E-state index in [2.05, 4.69) is 5.32 Å². The first-order chi connectivity index (χ1) is 18.0. The summed E-state index contributed by atoms with van der Waals surface area (Å²) in [6.07, 6.45) is -13.7. The number of fused-ring (bicyclic) bond motifs is 1. The van der Waals surface area contributed by atoms with Gasteiger partial charge in [-0.2, -0.15) is 0 Å². The molecule has 10 atom stereocenters. The molecule has 14 nitrogen and oxygen atoms in total. The predicted molar refractivity (Wildman–Crippen MR) is 126 cm³/mol. The average molecular weight is 542 g/mol. The van der Waals surface area contributed by atoms with Gasteiger partial charge in [0.15, 0.2) is 6.29 Å². The van der Waals surface area contributed by atoms with Gasteiger partial charge < -0.3 is 59.3 Å². The zero-order valence-electron chi connectivity index (χ0n) is 20.5. The first kappa shape index (κ1) is 28.4. The van der Waals surface area contributed by atoms with Crippen molar-refractivity contribution in [3.8, 4) is 5.75 Å². The van der Waals surface area contributed by atoms with Gasteiger partial charge in [0.1, 0.15) is 60.1 Å². The SMILES string of the molecule is CC(=O)NC1C(O)[C@H](O[C@@H]2OC(CO)[C@H](O)[C@H](O)C2O)[C@@H](CO)O[C@@H]1Oc1ccc2c(C)cc(=O)oc2c1. The van der Waals surface area contributed by atoms with E-state index in [1.807, 2.05) is 0 Å². The zero-order chi connectivity index (χ0) is 27.7. The fourth-order valence-corrected chi connectivity index (χ4v) is 4.57. The normalized spacial score (nSPS) is 35.7. The van der Waals surface area contributed by atoms with Crippen molar-refractivity contribution in [1.82, 2.24) is 5.32 Å². The van der Waals surface area contributed by atoms with E-state index < -0.39 is 86.1 Å². The summed E-state index contributed by atoms with van der Waals surface area (Å²) in [5, 5.41) is 64.1. The van der Waals surface area contributed by atoms with Crippen molar-refractivity contribution in [3.05, 3.63) is 40.2 Å². The van der Waals surface area contributed by atoms with Gasteiger partial charge in [0.2, 0.25) is 12.2 Å². The van der Waals surface area contributed by atoms with Crippen LogP contribution in [-0.2, 0) is 19.0 Å². The molecular weight excluding hydrogens is 510 g/mol. The second-order valence-electron chi connectivity index (χ2n) is 9.26. The molecule has 2 fully saturated rings. The molecule has 3 heterocycles. The summed E-state index contributed by atoms with van der Waals surface area (Å²) in [7, 11) is 0. The van der Waals surface area contributed by atoms with Gasteiger partial charge in [0.05, 0.1) is 13.2 Å². The van der Waals surface area contributed by atoms with Crippen LogP contribution in [0.4, 0.5) is 0 Å². The van der Waals surface area contributed by atoms with Crippen LogP contribution in [-0.4, -0.2) is 111 Å². The third-order valence-electron chi connectivity index (χ3n) is 6.54. The van der Waals surface area contributed by atoms with Crippen LogP contribution in [0.1, 0.15) is 12.5 Å². The molecule has 0 spiro atoms. The highest BCUT2D eigenvalue weighted by Gasteiger charge is 2.51. The average Bonchev–Trinajstić information content (AvgIpc) is 2.87. The molecule has 0 radical (unpaired) electrons. The molecule has 2 aromatic rings. The molecule has 2 aliphatic heterocycles. The van der Waals surface area contributed by atoms with Crippen LogP contribution < -0.4 is 15.7 Å². The van der Waals surface area contributed by atoms with Crippen LogP contribution in [0.5, 0.6) is 5.75 Å². The van der Waals surface area contributed by atoms with E-state index in [1.165, 1.54) is 19.1 Å². The Hall–Kier alpha value is -2.66. The number of hydrogen-bond donors (Lipinski definition) is 7. The van der Waals surface area contributed by atoms with E-state index in [9.17, 15) is 40.2 Å². The van der Waals surface area contributed by atoms with Crippen molar-refractivity contribution in [2.24, 2.45) is 0 Å². The maximum Gasteiger partial charge on any atom is 0.336 e. The number of aryl methyl sites for hydroxylation is 1. The number of amides is 1. The summed E-state index contributed by atoms with van der Waals surface area (Å²) in [6, 6.07) is 4.75. The highest BCUT2D eigenvalue weighted by atomic mass is 16.7. The highest BCUT2D eigenvalue weighted by Crippen LogP contribution is 2.31. The second-order valence-corrected chi connectivity index (χ2v) is 9.26. The Kier molecular flexibility index (Phi) is 8.66. The molecule has 4 rings (SSSR count). The molecule has 0 saturated carbocycles. The van der Waals surface area contributed by atoms with E-state index in [4.69, 9.17) is 23.4 Å². The monoisotopic (exact) mass is 541 g/mol. The Balaban J connectivity index is 1.58. The first-order valence-electron chi connectivity index (χ1n) is 11.9. The van der Waals surface area contributed by atoms with E-state index in [0.717, 1.165) is 0 Å². The standard InChI is InChI=1S/C24H31NO13/c1-9-5-16(29)35-13-6-11(3-4-12(9)13)34-23-17(25-10(2)28)19(31)22(15(8-27)37-23)38-24-21(33)20(32)18(30)14(7-26)36-24/h3-6,14-15,17-24,26-27,30-33H,7-8H2,1-2H3,(H,25,28)/t14?,15-,17?,18+,19?,20+,21?,22-,23+,24+/m1/s1. The molecule has 1 aromatic carbocycles. The van der Waals surface area contributed by atoms with Crippen LogP contribution in [0.15, 0.2) is 33.5 Å². The lowest BCUT2D eigenvalue weighted by Gasteiger charge is -2.47. The Morgan fingerprint density at radius 1 is 0.947 bits per heavy atom. The minimum Gasteiger partial charge on any atom is -0.462 e. The molecule has 210 valence electrons. The summed E-state index contributed by atoms with van der Waals surface area (Å²) < 4.78 is 27.9. The summed E-state index contributed by atoms with van der Waals surface area (Å²) in [6.45, 7) is 1.54. The van der Waals surface area contributed by atoms with Crippen LogP contribution in [0.2, 0.25) is 0 Å². The van der Waals surface area contributed by atoms with Crippen LogP contribution in [0, 0.1) is 6.92 Å². The number of nitrogens with one attached hydrogen (secondary N) is 1. The maximum atomic E-state index is 11.9. The maximum absolute atomic E-state index is 11.9. The van der Waals surface area contributed by atoms with Crippen LogP contribution >= 0.6 is 0 Å². The van der Waals surface area contributed by atoms with Crippen molar-refractivity contribution < 1.29 is 58.8 Å². The summed E-state index contributed by atoms with van der Waals surface area (Å²) in [4.78, 5) is 23.7. The summed E-state index contributed by atoms with van der Waals surface area (Å²) in [5.41, 5.74) is 0.375. The van der Waals surface area contributed by atoms with Gasteiger partial charge in [-0.3, -0.25) is 4.79 Å². The van der Waals surface area contributed by atoms with Gasteiger partial charge >= 0.3 is 5.63 Å². The van der Waals surface area contributed by atoms with E-state index in [-0.39, 0.29) is 11.3 Å². The topological polar surface area (TPSA) is 218 Å². The smallest absolute Gasteiger partial charge is 0.336 e. The molecule has 4 unspecified atom stereocenters. The Morgan fingerprint density at radius 3 is 2.29 bits per heavy atom. The Morgan fingerprint density at radius 2 is 1.63 bits per heavy atom. The lowest BCUT2D eigenvalue weighted by atomic mass is 9.95. The number of aliphatic hydroxyl groups excluding tert-OH is 6. The van der Waals surface area contributed by atoms with Crippen molar-refractivity contribution in [2.45, 2.75) is 75.2 Å². The molecule has 0 bridgehead atoms. The fourth-order valence-electron chi connectivity index (χ4n) is 4.57. The van der Waals surface area contributed by atoms with Gasteiger partial charge in [-0.1, -0.05) is 0 Å². The van der Waals surface area contributed by atoms with Gasteiger partial charge in [0, 0.05) is 24.4 Å². The molecular formula is C24H31NO13. The number of rotatable bonds is 7. The molecule has 38 heavy (non-hydrogen) atoms. The van der Waals surface area contributed by atoms with Gasteiger partial charge in [-0.15, -0.1) is 0 Å². The molecule has 7 N–H and O–H groups in total. The zero-order valence-corrected chi connectivity index (χ0v) is 20.5. The minimum atomic E-state index is -1.77. The first-order valence-corrected chi connectivity index (χ1v) is 11.9. The highest BCUT2D eigenvalue weighted by molar-refractivity contribution is 5.81. The number of benzene rings is 1. The molecule has 2 saturated heterocycles. The van der Waals surface area contributed by atoms with Crippen LogP contribution in [0.3, 0.4) is 0 Å². The van der Waals surface area contributed by atoms with E-state index in [1.54, 1.807) is 19.1 Å². The third kappa shape index (κ3) is 5.68. The molecule has 14 heteroatoms. The van der Waals surface area contributed by atoms with Crippen molar-refractivity contribution in [1.29, 1.82) is 0 Å². The lowest BCUT2D eigenvalue weighted by molar-refractivity contribution is -0.343. The van der Waals surface area contributed by atoms with Gasteiger partial charge in [-0.05, 0) is 24.6 Å². The van der Waals surface area contributed by atoms with Crippen LogP contribution in [0.25, 0.3) is 11.0 Å².